The molecule has 0 aromatic rings. The van der Waals surface area contributed by atoms with Gasteiger partial charge in [-0.15, -0.1) is 0 Å². The third-order valence-corrected chi connectivity index (χ3v) is 400. The molecule has 0 atom stereocenters. The SMILES string of the molecule is C[Si](C)(C)O[Si](=O)[Si](=O)[Si](=O)[Si](=O)[Si](=O)[Si](=O)[Si](=O)[Si](=O)[Si](=O)[Si](C)(C)O[Si](=O)[Si](=O)[Si](=O)[Si](=O)[Si](=O)[Si](=O)[Si](=O)[Si](=O)[Si](=O)[Si](=O)[Si](=O)[Si](=O)[Si](=O)[Si](=O)[Si](=O)[Si](=O)[Si](=O)[Si](=O)[Si](=O)[Si](=O)[Si](=O)[Si](=O)[Si](=O)[Si](=O)[Si](=O)[Si](=O)[Si](=O)[Si](=O)[Si](=O)[Si](=O)[Si](=O)[Si](=O)[Si](=O)[Si](=O)[Si](=O)[Si](=O)[Si](=O)[Si](=O)[Si](=O)[Si](C)(C)C. The molecule has 0 bridgehead atoms. The summed E-state index contributed by atoms with van der Waals surface area (Å²) in [4.78, 5) is 0. The molecule has 0 aromatic heterocycles. The van der Waals surface area contributed by atoms with Gasteiger partial charge in [0.1, 0.15) is 7.59 Å². The monoisotopic (exact) mass is 2350 g/mol. The first-order chi connectivity index (χ1) is 49.1. The van der Waals surface area contributed by atoms with Crippen LogP contribution >= 0.6 is 0 Å². The third-order valence-electron chi connectivity index (χ3n) is 11.4. The fourth-order valence-corrected chi connectivity index (χ4v) is 581. The van der Waals surface area contributed by atoms with Gasteiger partial charge in [0.15, 0.2) is 0 Å². The van der Waals surface area contributed by atoms with Crippen molar-refractivity contribution in [2.45, 2.75) is 52.4 Å². The van der Waals surface area contributed by atoms with Gasteiger partial charge in [-0.2, -0.15) is 0 Å². The van der Waals surface area contributed by atoms with Crippen molar-refractivity contribution in [3.63, 3.8) is 0 Å². The Morgan fingerprint density at radius 2 is 0.229 bits per heavy atom. The van der Waals surface area contributed by atoms with Gasteiger partial charge in [0.2, 0.25) is 8.32 Å². The zero-order chi connectivity index (χ0) is 86.6. The predicted octanol–water partition coefficient (Wildman–Crippen LogP) is -20.6. The second-order valence-corrected chi connectivity index (χ2v) is 271. The van der Waals surface area contributed by atoms with Crippen molar-refractivity contribution in [2.24, 2.45) is 0 Å². The lowest BCUT2D eigenvalue weighted by Crippen LogP contribution is -2.59. The molecule has 560 valence electrons. The molecular weight excluding hydrogens is 2330 g/mol. The lowest BCUT2D eigenvalue weighted by atomic mass is 11.8. The summed E-state index contributed by atoms with van der Waals surface area (Å²) in [6, 6.07) is 0. The average Bonchev–Trinajstić information content (AvgIpc) is 0.820. The Morgan fingerprint density at radius 3 is 0.349 bits per heavy atom. The van der Waals surface area contributed by atoms with Crippen LogP contribution in [0.2, 0.25) is 52.4 Å². The second kappa shape index (κ2) is 46.7. The zero-order valence-corrected chi connectivity index (χ0v) is 105. The molecule has 0 heterocycles. The molecule has 109 heavy (non-hydrogen) atoms. The highest BCUT2D eigenvalue weighted by atomic mass is 30.2. The van der Waals surface area contributed by atoms with E-state index in [1.54, 1.807) is 0 Å². The molecule has 0 saturated carbocycles. The fraction of sp³-hybridized carbons (Fsp3) is 1.00. The topological polar surface area (TPSA) is 838 Å². The van der Waals surface area contributed by atoms with Crippen LogP contribution in [0.15, 0.2) is 0 Å². The molecule has 0 aromatic carbocycles. The van der Waals surface area contributed by atoms with Crippen LogP contribution in [-0.2, 0) is 222 Å². The Labute approximate surface area is 662 Å². The molecule has 0 aliphatic heterocycles. The maximum absolute atomic E-state index is 13.3. The molecule has 0 aliphatic rings. The van der Waals surface area contributed by atoms with Gasteiger partial charge in [-0.05, 0) is 32.7 Å². The Bertz CT molecular complexity index is 5020. The summed E-state index contributed by atoms with van der Waals surface area (Å²) in [5.74, 6) is 0. The van der Waals surface area contributed by atoms with Crippen LogP contribution in [-0.4, -0.2) is 396 Å². The van der Waals surface area contributed by atoms with Crippen molar-refractivity contribution in [2.75, 3.05) is 0 Å². The summed E-state index contributed by atoms with van der Waals surface area (Å²) in [7, 11) is -231. The van der Waals surface area contributed by atoms with E-state index >= 15 is 0 Å². The first kappa shape index (κ1) is 110. The van der Waals surface area contributed by atoms with Crippen LogP contribution in [0, 0.1) is 0 Å². The molecule has 50 nitrogen and oxygen atoms in total. The van der Waals surface area contributed by atoms with E-state index in [4.69, 9.17) is 8.23 Å². The zero-order valence-electron chi connectivity index (χ0n) is 53.9. The Balaban J connectivity index is 6.04. The molecule has 0 radical (unpaired) electrons. The van der Waals surface area contributed by atoms with Crippen molar-refractivity contribution in [1.29, 1.82) is 0 Å². The summed E-state index contributed by atoms with van der Waals surface area (Å²) < 4.78 is 626. The lowest BCUT2D eigenvalue weighted by Gasteiger charge is -2.18. The van der Waals surface area contributed by atoms with Crippen LogP contribution in [0.3, 0.4) is 0 Å². The van der Waals surface area contributed by atoms with E-state index in [2.05, 4.69) is 0 Å². The van der Waals surface area contributed by atoms with Gasteiger partial charge < -0.3 is 222 Å². The molecule has 0 fully saturated rings. The van der Waals surface area contributed by atoms with Gasteiger partial charge in [-0.3, -0.25) is 0 Å². The van der Waals surface area contributed by atoms with E-state index in [-0.39, 0.29) is 0 Å². The number of hydrogen-bond acceptors (Lipinski definition) is 50. The van der Waals surface area contributed by atoms with Crippen molar-refractivity contribution in [1.82, 2.24) is 0 Å². The Hall–Kier alpha value is 1.06. The van der Waals surface area contributed by atoms with Crippen molar-refractivity contribution in [3.8, 4) is 0 Å². The molecule has 0 N–H and O–H groups in total. The lowest BCUT2D eigenvalue weighted by molar-refractivity contribution is 0.462. The van der Waals surface area contributed by atoms with Crippen LogP contribution in [0.4, 0.5) is 0 Å². The second-order valence-electron chi connectivity index (χ2n) is 21.8. The van der Waals surface area contributed by atoms with Gasteiger partial charge in [0, 0.05) is 0 Å². The molecule has 0 spiro atoms. The molecule has 0 saturated heterocycles. The third kappa shape index (κ3) is 29.2. The predicted molar refractivity (Wildman–Crippen MR) is 375 cm³/mol. The van der Waals surface area contributed by atoms with E-state index < -0.39 is 396 Å². The highest BCUT2D eigenvalue weighted by Gasteiger charge is 2.62. The van der Waals surface area contributed by atoms with Crippen LogP contribution in [0.25, 0.3) is 0 Å². The van der Waals surface area contributed by atoms with Crippen LogP contribution in [0.5, 0.6) is 0 Å². The van der Waals surface area contributed by atoms with Gasteiger partial charge in [0.05, 0.1) is 0 Å². The largest absolute Gasteiger partial charge is 0.578 e. The molecule has 0 unspecified atom stereocenters. The molecule has 101 heteroatoms. The number of hydrogen-bond donors (Lipinski definition) is 0. The summed E-state index contributed by atoms with van der Waals surface area (Å²) in [6.45, 7) is 10.1. The summed E-state index contributed by atoms with van der Waals surface area (Å²) in [6.07, 6.45) is 0. The van der Waals surface area contributed by atoms with Crippen molar-refractivity contribution in [3.05, 3.63) is 0 Å². The molecule has 0 aliphatic carbocycles. The summed E-state index contributed by atoms with van der Waals surface area (Å²) in [5.41, 5.74) is 0. The van der Waals surface area contributed by atoms with Gasteiger partial charge in [0.25, 0.3) is 7.83 Å². The van der Waals surface area contributed by atoms with E-state index in [0.717, 1.165) is 13.1 Å². The standard InChI is InChI=1S/C8H24O50Si51/c1-107(2,3)57-59(9)61(11)63(13)65(15)68(18)100(50)102(52)104(54)106(56)109(7,8)58-60(10)62(12)64(14)66(16)67(17)69(19)70(20)71(21)72(22)73(23)74(24)75(25)76(26)77(27)78(28)79(29)80(30)81(31)82(32)83(33)84(34)85(35)86(36)87(37)88(38)89(39)90(40)91(41)92(42)93(43)94(44)95(45)96(46)97(47)98(48)99(49)101(51)103(53)105(55)108(4,5)6/h1-8H3. The summed E-state index contributed by atoms with van der Waals surface area (Å²) >= 11 is 0. The first-order valence-corrected chi connectivity index (χ1v) is 152. The number of rotatable bonds is 52. The minimum absolute atomic E-state index is 0.757. The minimum Gasteiger partial charge on any atom is -0.578 e. The van der Waals surface area contributed by atoms with E-state index in [1.165, 1.54) is 39.3 Å². The smallest absolute Gasteiger partial charge is 0.532 e. The van der Waals surface area contributed by atoms with E-state index in [0.29, 0.717) is 0 Å². The molecular formula is C8H24O50Si51. The summed E-state index contributed by atoms with van der Waals surface area (Å²) in [5, 5.41) is 0. The highest BCUT2D eigenvalue weighted by Crippen LogP contribution is 2.07. The normalized spacial score (nSPS) is 10.5. The maximum Gasteiger partial charge on any atom is 0.532 e. The maximum atomic E-state index is 13.3. The van der Waals surface area contributed by atoms with Crippen LogP contribution in [0.1, 0.15) is 0 Å². The van der Waals surface area contributed by atoms with Gasteiger partial charge >= 0.3 is 372 Å². The van der Waals surface area contributed by atoms with Gasteiger partial charge in [-0.1, -0.05) is 19.6 Å². The minimum atomic E-state index is -4.93. The Morgan fingerprint density at radius 1 is 0.128 bits per heavy atom. The van der Waals surface area contributed by atoms with E-state index in [1.807, 2.05) is 0 Å². The van der Waals surface area contributed by atoms with Crippen molar-refractivity contribution < 1.29 is 222 Å². The Kier molecular flexibility index (Phi) is 47.2. The first-order valence-electron chi connectivity index (χ1n) is 26.6. The highest BCUT2D eigenvalue weighted by molar-refractivity contribution is 7.87. The quantitative estimate of drug-likeness (QED) is 0.0510. The van der Waals surface area contributed by atoms with Crippen LogP contribution < -0.4 is 0 Å². The average molecular weight is 2350 g/mol. The molecule has 0 rings (SSSR count). The fourth-order valence-electron chi connectivity index (χ4n) is 5.78. The van der Waals surface area contributed by atoms with Gasteiger partial charge in [-0.25, -0.2) is 0 Å². The molecule has 0 amide bonds. The van der Waals surface area contributed by atoms with E-state index in [9.17, 15) is 214 Å². The van der Waals surface area contributed by atoms with Crippen molar-refractivity contribution >= 4 is 396 Å².